The number of rotatable bonds is 8. The highest BCUT2D eigenvalue weighted by molar-refractivity contribution is 5.79. The Kier molecular flexibility index (Phi) is 6.10. The molecule has 0 spiro atoms. The zero-order valence-electron chi connectivity index (χ0n) is 15.9. The van der Waals surface area contributed by atoms with Crippen LogP contribution in [0.4, 0.5) is 4.39 Å². The predicted octanol–water partition coefficient (Wildman–Crippen LogP) is 5.01. The van der Waals surface area contributed by atoms with E-state index in [0.717, 1.165) is 16.9 Å². The van der Waals surface area contributed by atoms with Gasteiger partial charge in [0.25, 0.3) is 0 Å². The van der Waals surface area contributed by atoms with Gasteiger partial charge in [-0.25, -0.2) is 9.37 Å². The third-order valence-electron chi connectivity index (χ3n) is 4.14. The molecule has 0 amide bonds. The van der Waals surface area contributed by atoms with Crippen LogP contribution in [0.5, 0.6) is 5.75 Å². The van der Waals surface area contributed by atoms with Crippen LogP contribution in [0.25, 0.3) is 11.5 Å². The lowest BCUT2D eigenvalue weighted by Crippen LogP contribution is -1.96. The zero-order valence-corrected chi connectivity index (χ0v) is 15.9. The SMILES string of the molecule is Fc1ccc(-c2nc(CON=Cc3cccc(OCc4ccncc4)c3)co2)cc1. The molecule has 30 heavy (non-hydrogen) atoms. The molecule has 2 aromatic heterocycles. The highest BCUT2D eigenvalue weighted by atomic mass is 19.1. The number of aromatic nitrogens is 2. The maximum Gasteiger partial charge on any atom is 0.226 e. The van der Waals surface area contributed by atoms with E-state index in [1.165, 1.54) is 18.4 Å². The van der Waals surface area contributed by atoms with Crippen molar-refractivity contribution < 1.29 is 18.4 Å². The van der Waals surface area contributed by atoms with Crippen molar-refractivity contribution >= 4 is 6.21 Å². The Balaban J connectivity index is 1.29. The fourth-order valence-electron chi connectivity index (χ4n) is 2.63. The lowest BCUT2D eigenvalue weighted by atomic mass is 10.2. The molecule has 0 bridgehead atoms. The van der Waals surface area contributed by atoms with E-state index >= 15 is 0 Å². The molecule has 2 aromatic carbocycles. The van der Waals surface area contributed by atoms with Gasteiger partial charge in [-0.1, -0.05) is 17.3 Å². The average Bonchev–Trinajstić information content (AvgIpc) is 3.26. The van der Waals surface area contributed by atoms with Crippen molar-refractivity contribution in [2.45, 2.75) is 13.2 Å². The first-order chi connectivity index (χ1) is 14.8. The molecule has 150 valence electrons. The summed E-state index contributed by atoms with van der Waals surface area (Å²) in [5, 5.41) is 3.97. The third-order valence-corrected chi connectivity index (χ3v) is 4.14. The molecule has 0 unspecified atom stereocenters. The Labute approximate surface area is 172 Å². The van der Waals surface area contributed by atoms with Crippen molar-refractivity contribution in [1.29, 1.82) is 0 Å². The molecule has 6 nitrogen and oxygen atoms in total. The fraction of sp³-hybridized carbons (Fsp3) is 0.0870. The quantitative estimate of drug-likeness (QED) is 0.306. The number of hydrogen-bond donors (Lipinski definition) is 0. The second kappa shape index (κ2) is 9.47. The first-order valence-electron chi connectivity index (χ1n) is 9.24. The predicted molar refractivity (Wildman–Crippen MR) is 109 cm³/mol. The van der Waals surface area contributed by atoms with Gasteiger partial charge in [0, 0.05) is 18.0 Å². The number of oxime groups is 1. The van der Waals surface area contributed by atoms with E-state index in [9.17, 15) is 4.39 Å². The fourth-order valence-corrected chi connectivity index (χ4v) is 2.63. The smallest absolute Gasteiger partial charge is 0.226 e. The van der Waals surface area contributed by atoms with E-state index in [0.29, 0.717) is 23.8 Å². The summed E-state index contributed by atoms with van der Waals surface area (Å²) >= 11 is 0. The Hall–Kier alpha value is -4.00. The molecule has 4 rings (SSSR count). The summed E-state index contributed by atoms with van der Waals surface area (Å²) in [6.07, 6.45) is 6.55. The molecular formula is C23H18FN3O3. The van der Waals surface area contributed by atoms with E-state index in [1.54, 1.807) is 30.7 Å². The van der Waals surface area contributed by atoms with Gasteiger partial charge in [0.2, 0.25) is 5.89 Å². The zero-order chi connectivity index (χ0) is 20.6. The van der Waals surface area contributed by atoms with Gasteiger partial charge < -0.3 is 14.0 Å². The Morgan fingerprint density at radius 1 is 1.00 bits per heavy atom. The summed E-state index contributed by atoms with van der Waals surface area (Å²) in [6.45, 7) is 0.613. The molecule has 0 radical (unpaired) electrons. The van der Waals surface area contributed by atoms with Gasteiger partial charge in [0.15, 0.2) is 6.61 Å². The van der Waals surface area contributed by atoms with Crippen molar-refractivity contribution in [2.24, 2.45) is 5.16 Å². The molecule has 7 heteroatoms. The van der Waals surface area contributed by atoms with E-state index in [4.69, 9.17) is 14.0 Å². The van der Waals surface area contributed by atoms with Crippen LogP contribution < -0.4 is 4.74 Å². The summed E-state index contributed by atoms with van der Waals surface area (Å²) in [6, 6.07) is 17.3. The molecule has 4 aromatic rings. The van der Waals surface area contributed by atoms with Crippen LogP contribution >= 0.6 is 0 Å². The van der Waals surface area contributed by atoms with Gasteiger partial charge in [-0.2, -0.15) is 0 Å². The van der Waals surface area contributed by atoms with Crippen LogP contribution in [0.1, 0.15) is 16.8 Å². The Morgan fingerprint density at radius 2 is 1.83 bits per heavy atom. The highest BCUT2D eigenvalue weighted by Crippen LogP contribution is 2.19. The van der Waals surface area contributed by atoms with Crippen molar-refractivity contribution in [3.63, 3.8) is 0 Å². The largest absolute Gasteiger partial charge is 0.489 e. The Morgan fingerprint density at radius 3 is 2.67 bits per heavy atom. The molecule has 0 aliphatic heterocycles. The number of benzene rings is 2. The molecule has 0 aliphatic carbocycles. The average molecular weight is 403 g/mol. The van der Waals surface area contributed by atoms with Crippen LogP contribution in [0.2, 0.25) is 0 Å². The minimum absolute atomic E-state index is 0.152. The molecule has 0 aliphatic rings. The number of oxazole rings is 1. The second-order valence-electron chi connectivity index (χ2n) is 6.38. The van der Waals surface area contributed by atoms with Crippen LogP contribution in [0.3, 0.4) is 0 Å². The van der Waals surface area contributed by atoms with Crippen LogP contribution in [-0.2, 0) is 18.1 Å². The molecule has 0 saturated heterocycles. The number of halogens is 1. The van der Waals surface area contributed by atoms with Crippen molar-refractivity contribution in [2.75, 3.05) is 0 Å². The van der Waals surface area contributed by atoms with Gasteiger partial charge in [0.05, 0.1) is 6.21 Å². The van der Waals surface area contributed by atoms with Crippen LogP contribution in [0.15, 0.2) is 88.9 Å². The minimum Gasteiger partial charge on any atom is -0.489 e. The van der Waals surface area contributed by atoms with E-state index < -0.39 is 0 Å². The monoisotopic (exact) mass is 403 g/mol. The maximum absolute atomic E-state index is 13.0. The summed E-state index contributed by atoms with van der Waals surface area (Å²) in [5.74, 6) is 0.822. The molecule has 2 heterocycles. The van der Waals surface area contributed by atoms with E-state index in [-0.39, 0.29) is 12.4 Å². The summed E-state index contributed by atoms with van der Waals surface area (Å²) in [5.41, 5.74) is 3.16. The van der Waals surface area contributed by atoms with Gasteiger partial charge >= 0.3 is 0 Å². The van der Waals surface area contributed by atoms with Crippen molar-refractivity contribution in [3.05, 3.63) is 102 Å². The number of nitrogens with zero attached hydrogens (tertiary/aromatic N) is 3. The highest BCUT2D eigenvalue weighted by Gasteiger charge is 2.07. The van der Waals surface area contributed by atoms with Crippen molar-refractivity contribution in [3.8, 4) is 17.2 Å². The van der Waals surface area contributed by atoms with E-state index in [1.807, 2.05) is 36.4 Å². The lowest BCUT2D eigenvalue weighted by Gasteiger charge is -2.06. The second-order valence-corrected chi connectivity index (χ2v) is 6.38. The van der Waals surface area contributed by atoms with Crippen LogP contribution in [0, 0.1) is 5.82 Å². The topological polar surface area (TPSA) is 69.7 Å². The minimum atomic E-state index is -0.310. The number of ether oxygens (including phenoxy) is 1. The van der Waals surface area contributed by atoms with Crippen LogP contribution in [-0.4, -0.2) is 16.2 Å². The Bertz CT molecular complexity index is 1110. The van der Waals surface area contributed by atoms with Gasteiger partial charge in [-0.3, -0.25) is 4.98 Å². The normalized spacial score (nSPS) is 11.0. The third kappa shape index (κ3) is 5.29. The molecular weight excluding hydrogens is 385 g/mol. The summed E-state index contributed by atoms with van der Waals surface area (Å²) in [7, 11) is 0. The lowest BCUT2D eigenvalue weighted by molar-refractivity contribution is 0.129. The van der Waals surface area contributed by atoms with Gasteiger partial charge in [0.1, 0.15) is 30.1 Å². The maximum atomic E-state index is 13.0. The first kappa shape index (κ1) is 19.3. The molecule has 0 saturated carbocycles. The standard InChI is InChI=1S/C23H18FN3O3/c24-20-6-4-19(5-7-20)23-27-21(15-29-23)16-30-26-13-18-2-1-3-22(12-18)28-14-17-8-10-25-11-9-17/h1-13,15H,14,16H2. The summed E-state index contributed by atoms with van der Waals surface area (Å²) < 4.78 is 24.2. The number of pyridine rings is 1. The van der Waals surface area contributed by atoms with E-state index in [2.05, 4.69) is 15.1 Å². The molecule has 0 N–H and O–H groups in total. The number of hydrogen-bond acceptors (Lipinski definition) is 6. The van der Waals surface area contributed by atoms with Crippen molar-refractivity contribution in [1.82, 2.24) is 9.97 Å². The molecule has 0 fully saturated rings. The first-order valence-corrected chi connectivity index (χ1v) is 9.24. The molecule has 0 atom stereocenters. The van der Waals surface area contributed by atoms with Gasteiger partial charge in [-0.15, -0.1) is 0 Å². The summed E-state index contributed by atoms with van der Waals surface area (Å²) in [4.78, 5) is 13.6. The van der Waals surface area contributed by atoms with Gasteiger partial charge in [-0.05, 0) is 59.7 Å².